The lowest BCUT2D eigenvalue weighted by molar-refractivity contribution is -0.119. The van der Waals surface area contributed by atoms with E-state index in [-0.39, 0.29) is 36.9 Å². The third-order valence-electron chi connectivity index (χ3n) is 3.17. The number of esters is 1. The summed E-state index contributed by atoms with van der Waals surface area (Å²) in [5, 5.41) is 7.28. The average molecular weight is 453 g/mol. The minimum atomic E-state index is -4.02. The lowest BCUT2D eigenvalue weighted by Gasteiger charge is -2.11. The van der Waals surface area contributed by atoms with E-state index in [0.717, 1.165) is 12.1 Å². The van der Waals surface area contributed by atoms with Gasteiger partial charge in [0.05, 0.1) is 36.9 Å². The van der Waals surface area contributed by atoms with Gasteiger partial charge in [0.15, 0.2) is 6.61 Å². The first-order valence-corrected chi connectivity index (χ1v) is 9.71. The fourth-order valence-electron chi connectivity index (χ4n) is 1.89. The second-order valence-electron chi connectivity index (χ2n) is 5.17. The van der Waals surface area contributed by atoms with Crippen LogP contribution in [0.3, 0.4) is 0 Å². The van der Waals surface area contributed by atoms with Crippen molar-refractivity contribution in [3.8, 4) is 0 Å². The van der Waals surface area contributed by atoms with Crippen molar-refractivity contribution in [2.45, 2.75) is 4.90 Å². The maximum absolute atomic E-state index is 12.0. The Labute approximate surface area is 169 Å². The van der Waals surface area contributed by atoms with Crippen LogP contribution in [-0.4, -0.2) is 26.9 Å². The fourth-order valence-corrected chi connectivity index (χ4v) is 3.29. The van der Waals surface area contributed by atoms with E-state index in [9.17, 15) is 18.0 Å². The van der Waals surface area contributed by atoms with E-state index in [1.54, 1.807) is 0 Å². The van der Waals surface area contributed by atoms with Crippen molar-refractivity contribution in [2.24, 2.45) is 5.14 Å². The number of amides is 1. The lowest BCUT2D eigenvalue weighted by Crippen LogP contribution is -2.21. The second kappa shape index (κ2) is 8.32. The maximum atomic E-state index is 12.0. The molecule has 0 aromatic heterocycles. The highest BCUT2D eigenvalue weighted by atomic mass is 35.5. The Morgan fingerprint density at radius 2 is 1.63 bits per heavy atom. The van der Waals surface area contributed by atoms with Gasteiger partial charge in [-0.1, -0.05) is 34.8 Å². The molecule has 2 rings (SSSR count). The number of hydrogen-bond donors (Lipinski definition) is 3. The zero-order chi connectivity index (χ0) is 20.4. The van der Waals surface area contributed by atoms with E-state index in [4.69, 9.17) is 50.4 Å². The van der Waals surface area contributed by atoms with E-state index in [1.807, 2.05) is 0 Å². The molecule has 0 heterocycles. The first-order chi connectivity index (χ1) is 12.5. The number of ether oxygens (including phenoxy) is 1. The van der Waals surface area contributed by atoms with Gasteiger partial charge in [-0.05, 0) is 30.3 Å². The number of carbonyl (C=O) groups excluding carboxylic acids is 2. The smallest absolute Gasteiger partial charge is 0.338 e. The van der Waals surface area contributed by atoms with Crippen LogP contribution in [0.5, 0.6) is 0 Å². The molecule has 2 aromatic rings. The van der Waals surface area contributed by atoms with Crippen molar-refractivity contribution < 1.29 is 22.7 Å². The Kier molecular flexibility index (Phi) is 6.55. The SMILES string of the molecule is Nc1cc(C(=O)OCC(=O)Nc2c(Cl)cc(S(N)(=O)=O)cc2Cl)ccc1Cl. The molecule has 0 spiro atoms. The summed E-state index contributed by atoms with van der Waals surface area (Å²) in [6.45, 7) is -0.648. The van der Waals surface area contributed by atoms with Crippen molar-refractivity contribution in [3.05, 3.63) is 51.0 Å². The molecule has 0 atom stereocenters. The first kappa shape index (κ1) is 21.3. The molecule has 0 saturated heterocycles. The molecule has 5 N–H and O–H groups in total. The van der Waals surface area contributed by atoms with Gasteiger partial charge in [-0.2, -0.15) is 0 Å². The summed E-state index contributed by atoms with van der Waals surface area (Å²) < 4.78 is 27.5. The van der Waals surface area contributed by atoms with E-state index in [1.165, 1.54) is 18.2 Å². The van der Waals surface area contributed by atoms with E-state index in [2.05, 4.69) is 5.32 Å². The topological polar surface area (TPSA) is 142 Å². The average Bonchev–Trinajstić information content (AvgIpc) is 2.57. The predicted octanol–water partition coefficient (Wildman–Crippen LogP) is 2.67. The van der Waals surface area contributed by atoms with Crippen LogP contribution in [-0.2, 0) is 19.6 Å². The molecule has 0 bridgehead atoms. The quantitative estimate of drug-likeness (QED) is 0.470. The van der Waals surface area contributed by atoms with Crippen LogP contribution in [0.4, 0.5) is 11.4 Å². The standard InChI is InChI=1S/C15H12Cl3N3O5S/c16-9-2-1-7(3-12(9)19)15(23)26-6-13(22)21-14-10(17)4-8(5-11(14)18)27(20,24)25/h1-5H,6,19H2,(H,21,22)(H2,20,24,25). The highest BCUT2D eigenvalue weighted by Gasteiger charge is 2.18. The predicted molar refractivity (Wildman–Crippen MR) is 103 cm³/mol. The molecule has 27 heavy (non-hydrogen) atoms. The molecule has 144 valence electrons. The van der Waals surface area contributed by atoms with Crippen LogP contribution in [0.2, 0.25) is 15.1 Å². The number of rotatable bonds is 5. The number of nitrogens with two attached hydrogens (primary N) is 2. The number of benzene rings is 2. The van der Waals surface area contributed by atoms with Gasteiger partial charge in [-0.3, -0.25) is 4.79 Å². The number of primary sulfonamides is 1. The van der Waals surface area contributed by atoms with Gasteiger partial charge >= 0.3 is 5.97 Å². The van der Waals surface area contributed by atoms with Crippen molar-refractivity contribution in [3.63, 3.8) is 0 Å². The normalized spacial score (nSPS) is 11.1. The third-order valence-corrected chi connectivity index (χ3v) is 5.01. The summed E-state index contributed by atoms with van der Waals surface area (Å²) in [7, 11) is -4.02. The van der Waals surface area contributed by atoms with Crippen LogP contribution in [0.25, 0.3) is 0 Å². The van der Waals surface area contributed by atoms with E-state index >= 15 is 0 Å². The molecular weight excluding hydrogens is 441 g/mol. The van der Waals surface area contributed by atoms with Gasteiger partial charge in [-0.15, -0.1) is 0 Å². The zero-order valence-corrected chi connectivity index (χ0v) is 16.4. The van der Waals surface area contributed by atoms with Crippen LogP contribution in [0.15, 0.2) is 35.2 Å². The number of hydrogen-bond acceptors (Lipinski definition) is 6. The van der Waals surface area contributed by atoms with Gasteiger partial charge in [0.2, 0.25) is 10.0 Å². The molecular formula is C15H12Cl3N3O5S. The Bertz CT molecular complexity index is 1000. The Hall–Kier alpha value is -2.04. The van der Waals surface area contributed by atoms with Crippen molar-refractivity contribution in [1.29, 1.82) is 0 Å². The number of anilines is 2. The van der Waals surface area contributed by atoms with Gasteiger partial charge in [-0.25, -0.2) is 18.4 Å². The molecule has 2 aromatic carbocycles. The Morgan fingerprint density at radius 3 is 2.15 bits per heavy atom. The summed E-state index contributed by atoms with van der Waals surface area (Å²) in [5.41, 5.74) is 5.83. The maximum Gasteiger partial charge on any atom is 0.338 e. The molecule has 8 nitrogen and oxygen atoms in total. The molecule has 1 amide bonds. The van der Waals surface area contributed by atoms with Crippen molar-refractivity contribution in [2.75, 3.05) is 17.7 Å². The molecule has 0 saturated carbocycles. The Balaban J connectivity index is 2.05. The van der Waals surface area contributed by atoms with Gasteiger partial charge in [0.1, 0.15) is 0 Å². The molecule has 0 aliphatic heterocycles. The molecule has 12 heteroatoms. The summed E-state index contributed by atoms with van der Waals surface area (Å²) in [6, 6.07) is 6.17. The minimum Gasteiger partial charge on any atom is -0.452 e. The lowest BCUT2D eigenvalue weighted by atomic mass is 10.2. The van der Waals surface area contributed by atoms with Gasteiger partial charge in [0.25, 0.3) is 5.91 Å². The fraction of sp³-hybridized carbons (Fsp3) is 0.0667. The monoisotopic (exact) mass is 451 g/mol. The summed E-state index contributed by atoms with van der Waals surface area (Å²) in [5.74, 6) is -1.55. The Morgan fingerprint density at radius 1 is 1.04 bits per heavy atom. The molecule has 0 fully saturated rings. The number of nitrogens with one attached hydrogen (secondary N) is 1. The highest BCUT2D eigenvalue weighted by Crippen LogP contribution is 2.33. The van der Waals surface area contributed by atoms with Gasteiger partial charge in [0, 0.05) is 0 Å². The summed E-state index contributed by atoms with van der Waals surface area (Å²) in [6.07, 6.45) is 0. The number of nitrogen functional groups attached to an aromatic ring is 1. The number of sulfonamides is 1. The highest BCUT2D eigenvalue weighted by molar-refractivity contribution is 7.89. The van der Waals surface area contributed by atoms with Crippen LogP contribution in [0, 0.1) is 0 Å². The summed E-state index contributed by atoms with van der Waals surface area (Å²) in [4.78, 5) is 23.6. The third kappa shape index (κ3) is 5.47. The van der Waals surface area contributed by atoms with Crippen molar-refractivity contribution in [1.82, 2.24) is 0 Å². The second-order valence-corrected chi connectivity index (χ2v) is 7.95. The van der Waals surface area contributed by atoms with Crippen LogP contribution < -0.4 is 16.2 Å². The van der Waals surface area contributed by atoms with E-state index < -0.39 is 28.5 Å². The molecule has 0 unspecified atom stereocenters. The van der Waals surface area contributed by atoms with E-state index in [0.29, 0.717) is 0 Å². The van der Waals surface area contributed by atoms with Crippen LogP contribution in [0.1, 0.15) is 10.4 Å². The first-order valence-electron chi connectivity index (χ1n) is 7.03. The van der Waals surface area contributed by atoms with Gasteiger partial charge < -0.3 is 15.8 Å². The molecule has 0 radical (unpaired) electrons. The minimum absolute atomic E-state index is 0.0532. The van der Waals surface area contributed by atoms with Crippen LogP contribution >= 0.6 is 34.8 Å². The molecule has 0 aliphatic rings. The number of carbonyl (C=O) groups is 2. The van der Waals surface area contributed by atoms with Crippen molar-refractivity contribution >= 4 is 68.1 Å². The molecule has 0 aliphatic carbocycles. The zero-order valence-electron chi connectivity index (χ0n) is 13.3. The number of halogens is 3. The largest absolute Gasteiger partial charge is 0.452 e. The summed E-state index contributed by atoms with van der Waals surface area (Å²) >= 11 is 17.6.